The Balaban J connectivity index is 2.03. The van der Waals surface area contributed by atoms with Crippen molar-refractivity contribution in [2.45, 2.75) is 46.0 Å². The molecule has 96 valence electrons. The molecule has 1 nitrogen and oxygen atoms in total. The summed E-state index contributed by atoms with van der Waals surface area (Å²) in [5.74, 6) is 2.16. The molecule has 1 heteroatoms. The van der Waals surface area contributed by atoms with Crippen LogP contribution >= 0.6 is 0 Å². The van der Waals surface area contributed by atoms with Crippen molar-refractivity contribution < 1.29 is 4.42 Å². The largest absolute Gasteiger partial charge is 0.461 e. The predicted molar refractivity (Wildman–Crippen MR) is 76.7 cm³/mol. The molecule has 0 atom stereocenters. The van der Waals surface area contributed by atoms with Crippen molar-refractivity contribution in [3.63, 3.8) is 0 Å². The van der Waals surface area contributed by atoms with Gasteiger partial charge in [0.15, 0.2) is 0 Å². The molecular weight excluding hydrogens is 220 g/mol. The Hall–Kier alpha value is -1.50. The van der Waals surface area contributed by atoms with Gasteiger partial charge in [-0.15, -0.1) is 0 Å². The molecule has 0 saturated heterocycles. The van der Waals surface area contributed by atoms with Crippen molar-refractivity contribution in [1.82, 2.24) is 0 Å². The van der Waals surface area contributed by atoms with E-state index >= 15 is 0 Å². The van der Waals surface area contributed by atoms with Crippen LogP contribution in [0.4, 0.5) is 0 Å². The van der Waals surface area contributed by atoms with Gasteiger partial charge in [0, 0.05) is 12.0 Å². The first-order valence-corrected chi connectivity index (χ1v) is 6.96. The zero-order chi connectivity index (χ0) is 12.8. The maximum absolute atomic E-state index is 5.98. The van der Waals surface area contributed by atoms with Gasteiger partial charge in [-0.2, -0.15) is 0 Å². The minimum atomic E-state index is 1.03. The second-order valence-corrected chi connectivity index (χ2v) is 4.90. The van der Waals surface area contributed by atoms with Crippen LogP contribution in [0.3, 0.4) is 0 Å². The minimum Gasteiger partial charge on any atom is -0.461 e. The molecule has 0 spiro atoms. The second kappa shape index (κ2) is 6.44. The Morgan fingerprint density at radius 2 is 1.78 bits per heavy atom. The van der Waals surface area contributed by atoms with Crippen molar-refractivity contribution in [3.05, 3.63) is 47.7 Å². The van der Waals surface area contributed by atoms with Crippen LogP contribution in [-0.2, 0) is 6.42 Å². The fourth-order valence-corrected chi connectivity index (χ4v) is 2.27. The van der Waals surface area contributed by atoms with Gasteiger partial charge < -0.3 is 4.42 Å². The van der Waals surface area contributed by atoms with E-state index in [0.29, 0.717) is 0 Å². The van der Waals surface area contributed by atoms with Crippen molar-refractivity contribution in [2.24, 2.45) is 0 Å². The highest BCUT2D eigenvalue weighted by molar-refractivity contribution is 5.61. The van der Waals surface area contributed by atoms with Gasteiger partial charge in [-0.05, 0) is 25.0 Å². The number of benzene rings is 1. The normalized spacial score (nSPS) is 10.8. The van der Waals surface area contributed by atoms with Crippen molar-refractivity contribution >= 4 is 0 Å². The zero-order valence-electron chi connectivity index (χ0n) is 11.4. The van der Waals surface area contributed by atoms with E-state index in [1.54, 1.807) is 0 Å². The molecule has 0 N–H and O–H groups in total. The third-order valence-electron chi connectivity index (χ3n) is 3.28. The van der Waals surface area contributed by atoms with Crippen LogP contribution in [0.15, 0.2) is 40.8 Å². The van der Waals surface area contributed by atoms with Crippen molar-refractivity contribution in [1.29, 1.82) is 0 Å². The Bertz CT molecular complexity index is 468. The maximum atomic E-state index is 5.98. The highest BCUT2D eigenvalue weighted by Crippen LogP contribution is 2.27. The molecule has 18 heavy (non-hydrogen) atoms. The number of rotatable bonds is 6. The first kappa shape index (κ1) is 12.9. The van der Waals surface area contributed by atoms with Gasteiger partial charge >= 0.3 is 0 Å². The monoisotopic (exact) mass is 242 g/mol. The van der Waals surface area contributed by atoms with E-state index in [1.807, 2.05) is 6.07 Å². The molecule has 0 amide bonds. The Morgan fingerprint density at radius 3 is 2.50 bits per heavy atom. The van der Waals surface area contributed by atoms with Gasteiger partial charge in [0.25, 0.3) is 0 Å². The van der Waals surface area contributed by atoms with Gasteiger partial charge in [-0.3, -0.25) is 0 Å². The first-order valence-electron chi connectivity index (χ1n) is 6.96. The van der Waals surface area contributed by atoms with Crippen LogP contribution in [0, 0.1) is 6.92 Å². The fraction of sp³-hybridized carbons (Fsp3) is 0.412. The third kappa shape index (κ3) is 3.25. The summed E-state index contributed by atoms with van der Waals surface area (Å²) in [6.07, 6.45) is 6.21. The van der Waals surface area contributed by atoms with Crippen molar-refractivity contribution in [2.75, 3.05) is 0 Å². The number of furan rings is 1. The fourth-order valence-electron chi connectivity index (χ4n) is 2.27. The van der Waals surface area contributed by atoms with Crippen LogP contribution in [0.1, 0.15) is 43.9 Å². The summed E-state index contributed by atoms with van der Waals surface area (Å²) >= 11 is 0. The highest BCUT2D eigenvalue weighted by atomic mass is 16.3. The predicted octanol–water partition coefficient (Wildman–Crippen LogP) is 5.38. The van der Waals surface area contributed by atoms with Crippen LogP contribution in [0.2, 0.25) is 0 Å². The van der Waals surface area contributed by atoms with E-state index in [0.717, 1.165) is 17.9 Å². The summed E-state index contributed by atoms with van der Waals surface area (Å²) in [7, 11) is 0. The summed E-state index contributed by atoms with van der Waals surface area (Å²) in [5, 5.41) is 0. The molecule has 0 saturated carbocycles. The summed E-state index contributed by atoms with van der Waals surface area (Å²) in [6, 6.07) is 12.5. The average Bonchev–Trinajstić information content (AvgIpc) is 2.77. The van der Waals surface area contributed by atoms with Crippen LogP contribution < -0.4 is 0 Å². The summed E-state index contributed by atoms with van der Waals surface area (Å²) < 4.78 is 5.98. The number of hydrogen-bond acceptors (Lipinski definition) is 1. The molecule has 0 bridgehead atoms. The smallest absolute Gasteiger partial charge is 0.137 e. The van der Waals surface area contributed by atoms with Gasteiger partial charge in [0.05, 0.1) is 0 Å². The third-order valence-corrected chi connectivity index (χ3v) is 3.28. The quantitative estimate of drug-likeness (QED) is 0.620. The van der Waals surface area contributed by atoms with Gasteiger partial charge in [0.2, 0.25) is 0 Å². The van der Waals surface area contributed by atoms with Crippen molar-refractivity contribution in [3.8, 4) is 11.3 Å². The maximum Gasteiger partial charge on any atom is 0.137 e. The number of aryl methyl sites for hydroxylation is 2. The lowest BCUT2D eigenvalue weighted by molar-refractivity contribution is 0.505. The van der Waals surface area contributed by atoms with E-state index in [2.05, 4.69) is 44.2 Å². The molecule has 1 aromatic heterocycles. The molecule has 0 radical (unpaired) electrons. The first-order chi connectivity index (χ1) is 8.81. The van der Waals surface area contributed by atoms with Gasteiger partial charge in [0.1, 0.15) is 11.5 Å². The van der Waals surface area contributed by atoms with Gasteiger partial charge in [-0.1, -0.05) is 56.5 Å². The molecule has 2 aromatic rings. The summed E-state index contributed by atoms with van der Waals surface area (Å²) in [4.78, 5) is 0. The van der Waals surface area contributed by atoms with E-state index in [4.69, 9.17) is 4.42 Å². The molecule has 2 rings (SSSR count). The van der Waals surface area contributed by atoms with E-state index in [-0.39, 0.29) is 0 Å². The molecule has 0 fully saturated rings. The topological polar surface area (TPSA) is 13.1 Å². The number of hydrogen-bond donors (Lipinski definition) is 0. The highest BCUT2D eigenvalue weighted by Gasteiger charge is 2.09. The summed E-state index contributed by atoms with van der Waals surface area (Å²) in [6.45, 7) is 4.37. The Kier molecular flexibility index (Phi) is 4.63. The molecule has 0 unspecified atom stereocenters. The Labute approximate surface area is 110 Å². The number of unbranched alkanes of at least 4 members (excludes halogenated alkanes) is 3. The zero-order valence-corrected chi connectivity index (χ0v) is 11.4. The minimum absolute atomic E-state index is 1.03. The average molecular weight is 242 g/mol. The SMILES string of the molecule is CCCCCCc1cc(C)c(-c2ccccc2)o1. The van der Waals surface area contributed by atoms with Gasteiger partial charge in [-0.25, -0.2) is 0 Å². The van der Waals surface area contributed by atoms with E-state index in [9.17, 15) is 0 Å². The van der Waals surface area contributed by atoms with Crippen LogP contribution in [0.5, 0.6) is 0 Å². The molecule has 0 aliphatic carbocycles. The molecule has 1 aromatic carbocycles. The molecular formula is C17H22O. The van der Waals surface area contributed by atoms with E-state index in [1.165, 1.54) is 36.8 Å². The second-order valence-electron chi connectivity index (χ2n) is 4.90. The lowest BCUT2D eigenvalue weighted by atomic mass is 10.1. The lowest BCUT2D eigenvalue weighted by Gasteiger charge is -1.99. The Morgan fingerprint density at radius 1 is 1.00 bits per heavy atom. The van der Waals surface area contributed by atoms with Crippen LogP contribution in [0.25, 0.3) is 11.3 Å². The molecule has 0 aliphatic heterocycles. The van der Waals surface area contributed by atoms with Crippen LogP contribution in [-0.4, -0.2) is 0 Å². The van der Waals surface area contributed by atoms with E-state index < -0.39 is 0 Å². The molecule has 1 heterocycles. The lowest BCUT2D eigenvalue weighted by Crippen LogP contribution is -1.82. The summed E-state index contributed by atoms with van der Waals surface area (Å²) in [5.41, 5.74) is 2.42. The molecule has 0 aliphatic rings. The standard InChI is InChI=1S/C17H22O/c1-3-4-5-9-12-16-13-14(2)17(18-16)15-10-7-6-8-11-15/h6-8,10-11,13H,3-5,9,12H2,1-2H3.